The zero-order valence-electron chi connectivity index (χ0n) is 18.4. The number of Topliss-reactive ketones (excluding diaryl/α,β-unsaturated/α-hetero) is 1. The first-order valence-corrected chi connectivity index (χ1v) is 11.4. The monoisotopic (exact) mass is 535 g/mol. The van der Waals surface area contributed by atoms with Gasteiger partial charge in [0.05, 0.1) is 34.5 Å². The van der Waals surface area contributed by atoms with Crippen molar-refractivity contribution in [2.45, 2.75) is 6.92 Å². The summed E-state index contributed by atoms with van der Waals surface area (Å²) in [7, 11) is 0. The van der Waals surface area contributed by atoms with Crippen LogP contribution in [0.5, 0.6) is 0 Å². The fourth-order valence-electron chi connectivity index (χ4n) is 3.50. The normalized spacial score (nSPS) is 12.3. The van der Waals surface area contributed by atoms with E-state index in [1.165, 1.54) is 42.5 Å². The summed E-state index contributed by atoms with van der Waals surface area (Å²) < 4.78 is 10.9. The van der Waals surface area contributed by atoms with Crippen molar-refractivity contribution in [1.29, 1.82) is 0 Å². The van der Waals surface area contributed by atoms with Crippen LogP contribution in [0.4, 0.5) is 5.69 Å². The van der Waals surface area contributed by atoms with E-state index in [1.807, 2.05) is 0 Å². The molecule has 0 saturated heterocycles. The molecular formula is C26H18BrNO7. The number of ketones is 1. The van der Waals surface area contributed by atoms with E-state index in [0.717, 1.165) is 9.37 Å². The van der Waals surface area contributed by atoms with Gasteiger partial charge in [0, 0.05) is 10.0 Å². The van der Waals surface area contributed by atoms with Crippen molar-refractivity contribution in [3.63, 3.8) is 0 Å². The van der Waals surface area contributed by atoms with Crippen molar-refractivity contribution < 1.29 is 33.4 Å². The van der Waals surface area contributed by atoms with E-state index in [1.54, 1.807) is 31.2 Å². The van der Waals surface area contributed by atoms with Gasteiger partial charge in [-0.25, -0.2) is 14.5 Å². The third-order valence-electron chi connectivity index (χ3n) is 5.26. The quantitative estimate of drug-likeness (QED) is 0.249. The second-order valence-corrected chi connectivity index (χ2v) is 8.40. The molecule has 0 unspecified atom stereocenters. The molecule has 3 aromatic rings. The molecule has 9 heteroatoms. The molecule has 0 spiro atoms. The zero-order valence-corrected chi connectivity index (χ0v) is 20.0. The molecule has 0 fully saturated rings. The van der Waals surface area contributed by atoms with Gasteiger partial charge in [0.15, 0.2) is 12.4 Å². The van der Waals surface area contributed by atoms with Gasteiger partial charge < -0.3 is 9.47 Å². The first-order chi connectivity index (χ1) is 16.8. The standard InChI is InChI=1S/C26H18BrNO7/c1-2-34-25(32)16-5-10-19(11-6-16)28-23(30)20-12-7-17(13-21(20)24(28)31)26(33)35-14-22(29)15-3-8-18(27)9-4-15/h3-13H,2,14H2,1H3. The summed E-state index contributed by atoms with van der Waals surface area (Å²) in [5, 5.41) is 0. The van der Waals surface area contributed by atoms with Gasteiger partial charge in [-0.15, -0.1) is 0 Å². The Hall–Kier alpha value is -4.11. The number of halogens is 1. The number of esters is 2. The molecule has 0 atom stereocenters. The highest BCUT2D eigenvalue weighted by atomic mass is 79.9. The molecule has 176 valence electrons. The number of hydrogen-bond acceptors (Lipinski definition) is 7. The Morgan fingerprint density at radius 3 is 1.97 bits per heavy atom. The van der Waals surface area contributed by atoms with Crippen molar-refractivity contribution in [2.75, 3.05) is 18.1 Å². The zero-order chi connectivity index (χ0) is 25.1. The summed E-state index contributed by atoms with van der Waals surface area (Å²) in [6.07, 6.45) is 0. The van der Waals surface area contributed by atoms with Gasteiger partial charge >= 0.3 is 11.9 Å². The Morgan fingerprint density at radius 2 is 1.31 bits per heavy atom. The molecule has 3 aromatic carbocycles. The van der Waals surface area contributed by atoms with E-state index >= 15 is 0 Å². The van der Waals surface area contributed by atoms with E-state index in [4.69, 9.17) is 9.47 Å². The van der Waals surface area contributed by atoms with Crippen LogP contribution in [0.3, 0.4) is 0 Å². The van der Waals surface area contributed by atoms with Crippen LogP contribution in [0.2, 0.25) is 0 Å². The molecule has 8 nitrogen and oxygen atoms in total. The molecule has 1 aliphatic heterocycles. The molecule has 0 bridgehead atoms. The summed E-state index contributed by atoms with van der Waals surface area (Å²) in [4.78, 5) is 63.4. The summed E-state index contributed by atoms with van der Waals surface area (Å²) in [5.41, 5.74) is 1.15. The minimum atomic E-state index is -0.796. The maximum Gasteiger partial charge on any atom is 0.338 e. The third-order valence-corrected chi connectivity index (χ3v) is 5.79. The van der Waals surface area contributed by atoms with Gasteiger partial charge in [0.2, 0.25) is 0 Å². The highest BCUT2D eigenvalue weighted by Crippen LogP contribution is 2.29. The van der Waals surface area contributed by atoms with E-state index in [-0.39, 0.29) is 40.3 Å². The lowest BCUT2D eigenvalue weighted by molar-refractivity contribution is 0.0474. The van der Waals surface area contributed by atoms with Gasteiger partial charge in [0.25, 0.3) is 11.8 Å². The number of benzene rings is 3. The average molecular weight is 536 g/mol. The Labute approximate surface area is 208 Å². The van der Waals surface area contributed by atoms with Crippen LogP contribution in [-0.4, -0.2) is 42.7 Å². The Morgan fingerprint density at radius 1 is 0.743 bits per heavy atom. The molecule has 0 N–H and O–H groups in total. The van der Waals surface area contributed by atoms with Crippen molar-refractivity contribution in [1.82, 2.24) is 0 Å². The third kappa shape index (κ3) is 4.90. The second-order valence-electron chi connectivity index (χ2n) is 7.48. The van der Waals surface area contributed by atoms with E-state index in [2.05, 4.69) is 15.9 Å². The number of rotatable bonds is 7. The number of amides is 2. The molecule has 0 saturated carbocycles. The number of anilines is 1. The van der Waals surface area contributed by atoms with Crippen LogP contribution in [0.1, 0.15) is 58.7 Å². The van der Waals surface area contributed by atoms with E-state index < -0.39 is 30.4 Å². The molecule has 1 aliphatic rings. The number of imide groups is 1. The lowest BCUT2D eigenvalue weighted by Gasteiger charge is -2.14. The molecule has 0 radical (unpaired) electrons. The number of carbonyl (C=O) groups excluding carboxylic acids is 5. The van der Waals surface area contributed by atoms with Crippen LogP contribution in [-0.2, 0) is 9.47 Å². The molecular weight excluding hydrogens is 518 g/mol. The number of hydrogen-bond donors (Lipinski definition) is 0. The number of nitrogens with zero attached hydrogens (tertiary/aromatic N) is 1. The van der Waals surface area contributed by atoms with Crippen LogP contribution in [0, 0.1) is 0 Å². The second kappa shape index (κ2) is 10.0. The van der Waals surface area contributed by atoms with Crippen LogP contribution >= 0.6 is 15.9 Å². The number of fused-ring (bicyclic) bond motifs is 1. The molecule has 0 aromatic heterocycles. The van der Waals surface area contributed by atoms with Crippen molar-refractivity contribution in [2.24, 2.45) is 0 Å². The fraction of sp³-hybridized carbons (Fsp3) is 0.115. The summed E-state index contributed by atoms with van der Waals surface area (Å²) in [5.74, 6) is -2.86. The largest absolute Gasteiger partial charge is 0.462 e. The van der Waals surface area contributed by atoms with Gasteiger partial charge in [-0.3, -0.25) is 14.4 Å². The molecule has 35 heavy (non-hydrogen) atoms. The van der Waals surface area contributed by atoms with Crippen LogP contribution in [0.25, 0.3) is 0 Å². The highest BCUT2D eigenvalue weighted by molar-refractivity contribution is 9.10. The maximum atomic E-state index is 13.0. The predicted octanol–water partition coefficient (Wildman–Crippen LogP) is 4.47. The molecule has 0 aliphatic carbocycles. The van der Waals surface area contributed by atoms with Gasteiger partial charge in [-0.2, -0.15) is 0 Å². The van der Waals surface area contributed by atoms with E-state index in [9.17, 15) is 24.0 Å². The van der Waals surface area contributed by atoms with Crippen LogP contribution < -0.4 is 4.90 Å². The molecule has 2 amide bonds. The SMILES string of the molecule is CCOC(=O)c1ccc(N2C(=O)c3ccc(C(=O)OCC(=O)c4ccc(Br)cc4)cc3C2=O)cc1. The number of carbonyl (C=O) groups is 5. The summed E-state index contributed by atoms with van der Waals surface area (Å²) >= 11 is 3.28. The Balaban J connectivity index is 1.48. The number of ether oxygens (including phenoxy) is 2. The smallest absolute Gasteiger partial charge is 0.338 e. The molecule has 4 rings (SSSR count). The van der Waals surface area contributed by atoms with Crippen molar-refractivity contribution in [3.05, 3.63) is 99.0 Å². The summed E-state index contributed by atoms with van der Waals surface area (Å²) in [6, 6.07) is 16.5. The Kier molecular flexibility index (Phi) is 6.88. The summed E-state index contributed by atoms with van der Waals surface area (Å²) in [6.45, 7) is 1.45. The molecule has 1 heterocycles. The topological polar surface area (TPSA) is 107 Å². The average Bonchev–Trinajstić information content (AvgIpc) is 3.12. The minimum Gasteiger partial charge on any atom is -0.462 e. The van der Waals surface area contributed by atoms with Gasteiger partial charge in [-0.05, 0) is 61.5 Å². The highest BCUT2D eigenvalue weighted by Gasteiger charge is 2.37. The van der Waals surface area contributed by atoms with Crippen molar-refractivity contribution in [3.8, 4) is 0 Å². The first kappa shape index (κ1) is 24.0. The first-order valence-electron chi connectivity index (χ1n) is 10.6. The fourth-order valence-corrected chi connectivity index (χ4v) is 3.76. The lowest BCUT2D eigenvalue weighted by Crippen LogP contribution is -2.29. The Bertz CT molecular complexity index is 1350. The van der Waals surface area contributed by atoms with Gasteiger partial charge in [0.1, 0.15) is 0 Å². The van der Waals surface area contributed by atoms with Crippen LogP contribution in [0.15, 0.2) is 71.2 Å². The predicted molar refractivity (Wildman–Crippen MR) is 129 cm³/mol. The van der Waals surface area contributed by atoms with E-state index in [0.29, 0.717) is 5.56 Å². The van der Waals surface area contributed by atoms with Crippen molar-refractivity contribution >= 4 is 51.2 Å². The van der Waals surface area contributed by atoms with Gasteiger partial charge in [-0.1, -0.05) is 28.1 Å². The lowest BCUT2D eigenvalue weighted by atomic mass is 10.1. The minimum absolute atomic E-state index is 0.0352. The maximum absolute atomic E-state index is 13.0.